The molecule has 4 rings (SSSR count). The molecule has 0 radical (unpaired) electrons. The molecular formula is C24H39O4-. The molecule has 4 saturated carbocycles. The van der Waals surface area contributed by atoms with E-state index in [-0.39, 0.29) is 29.5 Å². The lowest BCUT2D eigenvalue weighted by Crippen LogP contribution is -2.58. The molecule has 0 unspecified atom stereocenters. The van der Waals surface area contributed by atoms with Crippen LogP contribution in [0, 0.1) is 46.3 Å². The Kier molecular flexibility index (Phi) is 5.36. The highest BCUT2D eigenvalue weighted by atomic mass is 16.4. The topological polar surface area (TPSA) is 80.6 Å². The minimum atomic E-state index is -0.934. The second-order valence-electron chi connectivity index (χ2n) is 11.3. The van der Waals surface area contributed by atoms with Gasteiger partial charge in [0.1, 0.15) is 0 Å². The van der Waals surface area contributed by atoms with Gasteiger partial charge >= 0.3 is 0 Å². The van der Waals surface area contributed by atoms with Crippen molar-refractivity contribution in [2.24, 2.45) is 46.3 Å². The SMILES string of the molecule is C[C@@H](CCC(=O)[O-])[C@H]1CC[C@H]2[C@H]3[C@H](O)C[C@@H]4C[C@H](O)CC[C@]4(C)[C@@H]3CC[C@]12C. The van der Waals surface area contributed by atoms with Crippen LogP contribution in [0.15, 0.2) is 0 Å². The van der Waals surface area contributed by atoms with Crippen molar-refractivity contribution in [3.8, 4) is 0 Å². The minimum absolute atomic E-state index is 0.162. The van der Waals surface area contributed by atoms with E-state index in [0.29, 0.717) is 41.9 Å². The van der Waals surface area contributed by atoms with E-state index < -0.39 is 5.97 Å². The molecule has 0 aliphatic heterocycles. The smallest absolute Gasteiger partial charge is 0.0577 e. The van der Waals surface area contributed by atoms with Gasteiger partial charge in [-0.25, -0.2) is 0 Å². The zero-order chi connectivity index (χ0) is 20.3. The van der Waals surface area contributed by atoms with Gasteiger partial charge in [0.05, 0.1) is 12.2 Å². The molecule has 0 amide bonds. The summed E-state index contributed by atoms with van der Waals surface area (Å²) >= 11 is 0. The third kappa shape index (κ3) is 3.14. The predicted octanol–water partition coefficient (Wildman–Crippen LogP) is 3.14. The van der Waals surface area contributed by atoms with E-state index in [9.17, 15) is 20.1 Å². The Balaban J connectivity index is 1.55. The number of carboxylic acids is 1. The number of hydrogen-bond donors (Lipinski definition) is 2. The average Bonchev–Trinajstić information content (AvgIpc) is 2.98. The summed E-state index contributed by atoms with van der Waals surface area (Å²) in [4.78, 5) is 10.9. The molecule has 0 aromatic rings. The van der Waals surface area contributed by atoms with E-state index in [4.69, 9.17) is 0 Å². The molecule has 160 valence electrons. The molecule has 0 saturated heterocycles. The molecule has 0 spiro atoms. The summed E-state index contributed by atoms with van der Waals surface area (Å²) in [5.41, 5.74) is 0.494. The van der Waals surface area contributed by atoms with Crippen molar-refractivity contribution in [2.75, 3.05) is 0 Å². The van der Waals surface area contributed by atoms with Gasteiger partial charge in [0, 0.05) is 5.97 Å². The Morgan fingerprint density at radius 3 is 2.43 bits per heavy atom. The third-order valence-corrected chi connectivity index (χ3v) is 10.2. The Labute approximate surface area is 170 Å². The number of aliphatic carboxylic acids is 1. The molecule has 0 heterocycles. The van der Waals surface area contributed by atoms with E-state index in [1.807, 2.05) is 0 Å². The highest BCUT2D eigenvalue weighted by Gasteiger charge is 2.62. The summed E-state index contributed by atoms with van der Waals surface area (Å²) in [5.74, 6) is 1.99. The number of rotatable bonds is 4. The van der Waals surface area contributed by atoms with E-state index in [1.165, 1.54) is 25.7 Å². The summed E-state index contributed by atoms with van der Waals surface area (Å²) < 4.78 is 0. The molecule has 4 nitrogen and oxygen atoms in total. The summed E-state index contributed by atoms with van der Waals surface area (Å²) in [5, 5.41) is 32.4. The van der Waals surface area contributed by atoms with Crippen molar-refractivity contribution in [1.29, 1.82) is 0 Å². The molecule has 0 bridgehead atoms. The zero-order valence-electron chi connectivity index (χ0n) is 17.9. The standard InChI is InChI=1S/C24H40O4/c1-14(4-7-21(27)28)17-5-6-18-22-19(9-11-24(17,18)3)23(2)10-8-16(25)12-15(23)13-20(22)26/h14-20,22,25-26H,4-13H2,1-3H3,(H,27,28)/p-1/t14-,15-,16+,17+,18-,19+,20+,22+,23-,24+/m0/s1. The van der Waals surface area contributed by atoms with Crippen molar-refractivity contribution in [3.05, 3.63) is 0 Å². The maximum absolute atomic E-state index is 11.2. The molecule has 4 aliphatic rings. The number of carbonyl (C=O) groups excluding carboxylic acids is 1. The summed E-state index contributed by atoms with van der Waals surface area (Å²) in [6, 6.07) is 0. The molecule has 4 aliphatic carbocycles. The monoisotopic (exact) mass is 391 g/mol. The first-order valence-electron chi connectivity index (χ1n) is 11.7. The Hall–Kier alpha value is -0.610. The van der Waals surface area contributed by atoms with Crippen LogP contribution >= 0.6 is 0 Å². The summed E-state index contributed by atoms with van der Waals surface area (Å²) in [6.45, 7) is 7.11. The van der Waals surface area contributed by atoms with Gasteiger partial charge in [-0.3, -0.25) is 0 Å². The van der Waals surface area contributed by atoms with Crippen molar-refractivity contribution in [1.82, 2.24) is 0 Å². The second-order valence-corrected chi connectivity index (χ2v) is 11.3. The summed E-state index contributed by atoms with van der Waals surface area (Å²) in [6.07, 6.45) is 8.91. The predicted molar refractivity (Wildman–Crippen MR) is 106 cm³/mol. The van der Waals surface area contributed by atoms with Gasteiger partial charge in [0.2, 0.25) is 0 Å². The highest BCUT2D eigenvalue weighted by molar-refractivity contribution is 5.64. The van der Waals surface area contributed by atoms with Crippen molar-refractivity contribution >= 4 is 5.97 Å². The first-order valence-corrected chi connectivity index (χ1v) is 11.7. The number of hydrogen-bond acceptors (Lipinski definition) is 4. The van der Waals surface area contributed by atoms with Gasteiger partial charge < -0.3 is 20.1 Å². The number of fused-ring (bicyclic) bond motifs is 5. The molecule has 4 heteroatoms. The van der Waals surface area contributed by atoms with Crippen LogP contribution in [0.25, 0.3) is 0 Å². The number of aliphatic hydroxyl groups excluding tert-OH is 2. The maximum Gasteiger partial charge on any atom is 0.0577 e. The van der Waals surface area contributed by atoms with Crippen molar-refractivity contribution in [3.63, 3.8) is 0 Å². The molecular weight excluding hydrogens is 352 g/mol. The Morgan fingerprint density at radius 1 is 1.04 bits per heavy atom. The van der Waals surface area contributed by atoms with Crippen LogP contribution in [0.3, 0.4) is 0 Å². The average molecular weight is 392 g/mol. The third-order valence-electron chi connectivity index (χ3n) is 10.2. The summed E-state index contributed by atoms with van der Waals surface area (Å²) in [7, 11) is 0. The van der Waals surface area contributed by atoms with Crippen LogP contribution in [-0.2, 0) is 4.79 Å². The normalized spacial score (nSPS) is 51.7. The van der Waals surface area contributed by atoms with Crippen molar-refractivity contribution < 1.29 is 20.1 Å². The molecule has 0 aromatic heterocycles. The molecule has 2 N–H and O–H groups in total. The largest absolute Gasteiger partial charge is 0.550 e. The van der Waals surface area contributed by atoms with Gasteiger partial charge in [-0.2, -0.15) is 0 Å². The molecule has 0 aromatic carbocycles. The first-order chi connectivity index (χ1) is 13.2. The van der Waals surface area contributed by atoms with Crippen LogP contribution in [-0.4, -0.2) is 28.4 Å². The van der Waals surface area contributed by atoms with Gasteiger partial charge in [-0.05, 0) is 111 Å². The van der Waals surface area contributed by atoms with E-state index in [0.717, 1.165) is 25.7 Å². The zero-order valence-corrected chi connectivity index (χ0v) is 17.9. The molecule has 4 fully saturated rings. The van der Waals surface area contributed by atoms with E-state index >= 15 is 0 Å². The fourth-order valence-electron chi connectivity index (χ4n) is 8.72. The molecule has 28 heavy (non-hydrogen) atoms. The minimum Gasteiger partial charge on any atom is -0.550 e. The fourth-order valence-corrected chi connectivity index (χ4v) is 8.72. The van der Waals surface area contributed by atoms with Gasteiger partial charge in [0.15, 0.2) is 0 Å². The van der Waals surface area contributed by atoms with Crippen molar-refractivity contribution in [2.45, 2.75) is 97.2 Å². The number of carboxylic acid groups (broad SMARTS) is 1. The highest BCUT2D eigenvalue weighted by Crippen LogP contribution is 2.68. The Bertz CT molecular complexity index is 605. The van der Waals surface area contributed by atoms with E-state index in [1.54, 1.807) is 0 Å². The lowest BCUT2D eigenvalue weighted by molar-refractivity contribution is -0.306. The van der Waals surface area contributed by atoms with Gasteiger partial charge in [-0.15, -0.1) is 0 Å². The first kappa shape index (κ1) is 20.7. The van der Waals surface area contributed by atoms with Gasteiger partial charge in [-0.1, -0.05) is 20.8 Å². The van der Waals surface area contributed by atoms with Crippen LogP contribution in [0.2, 0.25) is 0 Å². The second kappa shape index (κ2) is 7.27. The lowest BCUT2D eigenvalue weighted by atomic mass is 9.43. The van der Waals surface area contributed by atoms with Crippen LogP contribution in [0.5, 0.6) is 0 Å². The maximum atomic E-state index is 11.2. The molecule has 10 atom stereocenters. The van der Waals surface area contributed by atoms with Crippen LogP contribution < -0.4 is 5.11 Å². The quantitative estimate of drug-likeness (QED) is 0.771. The van der Waals surface area contributed by atoms with Gasteiger partial charge in [0.25, 0.3) is 0 Å². The fraction of sp³-hybridized carbons (Fsp3) is 0.958. The Morgan fingerprint density at radius 2 is 1.71 bits per heavy atom. The van der Waals surface area contributed by atoms with Crippen LogP contribution in [0.4, 0.5) is 0 Å². The van der Waals surface area contributed by atoms with Crippen LogP contribution in [0.1, 0.15) is 85.0 Å². The lowest BCUT2D eigenvalue weighted by Gasteiger charge is -2.62. The van der Waals surface area contributed by atoms with E-state index in [2.05, 4.69) is 20.8 Å². The number of aliphatic hydroxyl groups is 2. The number of carbonyl (C=O) groups is 1.